The van der Waals surface area contributed by atoms with Gasteiger partial charge in [0, 0.05) is 11.1 Å². The van der Waals surface area contributed by atoms with E-state index in [1.54, 1.807) is 0 Å². The zero-order valence-corrected chi connectivity index (χ0v) is 27.3. The first-order valence-electron chi connectivity index (χ1n) is 13.5. The van der Waals surface area contributed by atoms with Crippen molar-refractivity contribution in [3.8, 4) is 34.1 Å². The van der Waals surface area contributed by atoms with E-state index in [9.17, 15) is 0 Å². The van der Waals surface area contributed by atoms with Crippen molar-refractivity contribution in [2.45, 2.75) is 69.2 Å². The van der Waals surface area contributed by atoms with Gasteiger partial charge in [0.1, 0.15) is 23.0 Å². The van der Waals surface area contributed by atoms with Crippen LogP contribution in [0.3, 0.4) is 0 Å². The third-order valence-electron chi connectivity index (χ3n) is 7.47. The summed E-state index contributed by atoms with van der Waals surface area (Å²) in [5.41, 5.74) is 13.6. The average Bonchev–Trinajstić information content (AvgIpc) is 2.88. The second kappa shape index (κ2) is 12.6. The highest BCUT2D eigenvalue weighted by molar-refractivity contribution is 7.27. The molecule has 210 valence electrons. The first-order valence-corrected chi connectivity index (χ1v) is 15.1. The Balaban J connectivity index is 1.72. The first kappa shape index (κ1) is 29.9. The molecule has 4 rings (SSSR count). The monoisotopic (exact) mass is 574 g/mol. The summed E-state index contributed by atoms with van der Waals surface area (Å²) >= 11 is 0. The normalized spacial score (nSPS) is 11.6. The van der Waals surface area contributed by atoms with Crippen LogP contribution in [0.1, 0.15) is 55.6 Å². The molecule has 4 nitrogen and oxygen atoms in total. The Morgan fingerprint density at radius 2 is 0.775 bits per heavy atom. The molecule has 0 heterocycles. The maximum Gasteiger partial charge on any atom is 0.275 e. The van der Waals surface area contributed by atoms with Crippen molar-refractivity contribution in [1.82, 2.24) is 0 Å². The number of aryl methyl sites for hydroxylation is 8. The predicted octanol–water partition coefficient (Wildman–Crippen LogP) is 10.4. The van der Waals surface area contributed by atoms with Crippen LogP contribution in [0.4, 0.5) is 0 Å². The molecule has 0 saturated heterocycles. The van der Waals surface area contributed by atoms with Crippen LogP contribution in [0.5, 0.6) is 23.0 Å². The number of hydrogen-bond donors (Lipinski definition) is 0. The topological polar surface area (TPSA) is 36.9 Å². The minimum absolute atomic E-state index is 0.185. The van der Waals surface area contributed by atoms with E-state index in [1.165, 1.54) is 22.3 Å². The van der Waals surface area contributed by atoms with Gasteiger partial charge in [-0.1, -0.05) is 47.5 Å². The molecule has 0 spiro atoms. The molecule has 4 aromatic carbocycles. The minimum Gasteiger partial charge on any atom is -0.440 e. The molecule has 0 saturated carbocycles. The SMILES string of the molecule is Cc1ccc(OPOc2c(C)cc(C)c(C)c2-c2c(C)c(C)cc(C)c2OPOc2ccc(C)cc2C)c(C)c1. The largest absolute Gasteiger partial charge is 0.440 e. The van der Waals surface area contributed by atoms with Gasteiger partial charge in [0.25, 0.3) is 18.1 Å². The van der Waals surface area contributed by atoms with Crippen molar-refractivity contribution < 1.29 is 18.1 Å². The molecule has 6 heteroatoms. The van der Waals surface area contributed by atoms with Crippen LogP contribution >= 0.6 is 18.1 Å². The van der Waals surface area contributed by atoms with Crippen LogP contribution in [0, 0.1) is 69.2 Å². The van der Waals surface area contributed by atoms with E-state index >= 15 is 0 Å². The van der Waals surface area contributed by atoms with Gasteiger partial charge >= 0.3 is 0 Å². The van der Waals surface area contributed by atoms with Crippen molar-refractivity contribution in [3.63, 3.8) is 0 Å². The maximum atomic E-state index is 6.46. The fraction of sp³-hybridized carbons (Fsp3) is 0.294. The summed E-state index contributed by atoms with van der Waals surface area (Å²) in [6.45, 7) is 21.1. The summed E-state index contributed by atoms with van der Waals surface area (Å²) in [6, 6.07) is 16.7. The van der Waals surface area contributed by atoms with E-state index in [-0.39, 0.29) is 18.1 Å². The molecule has 0 radical (unpaired) electrons. The fourth-order valence-electron chi connectivity index (χ4n) is 5.03. The van der Waals surface area contributed by atoms with E-state index in [0.29, 0.717) is 0 Å². The Bertz CT molecular complexity index is 1440. The zero-order valence-electron chi connectivity index (χ0n) is 25.3. The van der Waals surface area contributed by atoms with Crippen molar-refractivity contribution in [3.05, 3.63) is 104 Å². The Hall–Kier alpha value is -3.06. The third kappa shape index (κ3) is 6.46. The highest BCUT2D eigenvalue weighted by Gasteiger charge is 2.24. The summed E-state index contributed by atoms with van der Waals surface area (Å²) < 4.78 is 25.1. The summed E-state index contributed by atoms with van der Waals surface area (Å²) in [4.78, 5) is 0. The molecule has 0 fully saturated rings. The van der Waals surface area contributed by atoms with Gasteiger partial charge in [0.2, 0.25) is 0 Å². The van der Waals surface area contributed by atoms with Gasteiger partial charge in [-0.3, -0.25) is 0 Å². The van der Waals surface area contributed by atoms with E-state index in [2.05, 4.69) is 106 Å². The Kier molecular flexibility index (Phi) is 9.44. The van der Waals surface area contributed by atoms with Gasteiger partial charge in [0.05, 0.1) is 0 Å². The second-order valence-electron chi connectivity index (χ2n) is 10.8. The smallest absolute Gasteiger partial charge is 0.275 e. The molecule has 0 aliphatic heterocycles. The Morgan fingerprint density at radius 3 is 1.12 bits per heavy atom. The quantitative estimate of drug-likeness (QED) is 0.186. The molecule has 0 bridgehead atoms. The molecule has 4 aromatic rings. The first-order chi connectivity index (χ1) is 19.0. The van der Waals surface area contributed by atoms with Crippen molar-refractivity contribution >= 4 is 18.1 Å². The Morgan fingerprint density at radius 1 is 0.400 bits per heavy atom. The lowest BCUT2D eigenvalue weighted by atomic mass is 9.87. The van der Waals surface area contributed by atoms with Gasteiger partial charge in [0.15, 0.2) is 0 Å². The van der Waals surface area contributed by atoms with Crippen LogP contribution in [0.25, 0.3) is 11.1 Å². The number of benzene rings is 4. The van der Waals surface area contributed by atoms with E-state index in [4.69, 9.17) is 18.1 Å². The van der Waals surface area contributed by atoms with Gasteiger partial charge in [-0.15, -0.1) is 0 Å². The predicted molar refractivity (Wildman–Crippen MR) is 171 cm³/mol. The summed E-state index contributed by atoms with van der Waals surface area (Å²) in [6.07, 6.45) is 0. The van der Waals surface area contributed by atoms with Crippen LogP contribution in [0.2, 0.25) is 0 Å². The maximum absolute atomic E-state index is 6.46. The fourth-order valence-corrected chi connectivity index (χ4v) is 6.45. The third-order valence-corrected chi connectivity index (χ3v) is 8.65. The van der Waals surface area contributed by atoms with Crippen molar-refractivity contribution in [2.24, 2.45) is 0 Å². The van der Waals surface area contributed by atoms with Gasteiger partial charge in [-0.25, -0.2) is 0 Å². The van der Waals surface area contributed by atoms with E-state index in [0.717, 1.165) is 67.5 Å². The van der Waals surface area contributed by atoms with Crippen LogP contribution in [-0.4, -0.2) is 0 Å². The second-order valence-corrected chi connectivity index (χ2v) is 11.9. The average molecular weight is 575 g/mol. The highest BCUT2D eigenvalue weighted by atomic mass is 31.1. The molecule has 0 aromatic heterocycles. The van der Waals surface area contributed by atoms with Gasteiger partial charge < -0.3 is 18.1 Å². The van der Waals surface area contributed by atoms with E-state index < -0.39 is 0 Å². The van der Waals surface area contributed by atoms with Crippen LogP contribution in [-0.2, 0) is 0 Å². The molecule has 2 atom stereocenters. The standard InChI is InChI=1S/C34H40O4P2/c1-19-11-13-29(23(5)15-19)35-39-37-33-25(7)17-21(3)27(9)31(33)32-28(10)22(4)18-26(8)34(32)38-40-36-30-14-12-20(2)16-24(30)6/h11-18,39-40H,1-10H3. The summed E-state index contributed by atoms with van der Waals surface area (Å²) in [7, 11) is -0.370. The number of rotatable bonds is 9. The molecule has 0 N–H and O–H groups in total. The lowest BCUT2D eigenvalue weighted by Gasteiger charge is -2.24. The Labute approximate surface area is 243 Å². The summed E-state index contributed by atoms with van der Waals surface area (Å²) in [5.74, 6) is 3.32. The van der Waals surface area contributed by atoms with E-state index in [1.807, 2.05) is 12.1 Å². The lowest BCUT2D eigenvalue weighted by Crippen LogP contribution is -2.02. The molecular formula is C34H40O4P2. The van der Waals surface area contributed by atoms with Crippen molar-refractivity contribution in [1.29, 1.82) is 0 Å². The zero-order chi connectivity index (χ0) is 29.1. The van der Waals surface area contributed by atoms with Gasteiger partial charge in [-0.05, 0) is 126 Å². The highest BCUT2D eigenvalue weighted by Crippen LogP contribution is 2.48. The van der Waals surface area contributed by atoms with Gasteiger partial charge in [-0.2, -0.15) is 0 Å². The lowest BCUT2D eigenvalue weighted by molar-refractivity contribution is 0.507. The molecule has 0 aliphatic carbocycles. The molecule has 2 unspecified atom stereocenters. The molecule has 0 aliphatic rings. The van der Waals surface area contributed by atoms with Crippen molar-refractivity contribution in [2.75, 3.05) is 0 Å². The molecule has 0 amide bonds. The molecule has 40 heavy (non-hydrogen) atoms. The van der Waals surface area contributed by atoms with Crippen LogP contribution < -0.4 is 18.1 Å². The minimum atomic E-state index is -0.185. The molecular weight excluding hydrogens is 534 g/mol. The number of hydrogen-bond acceptors (Lipinski definition) is 4. The van der Waals surface area contributed by atoms with Crippen LogP contribution in [0.15, 0.2) is 48.5 Å². The summed E-state index contributed by atoms with van der Waals surface area (Å²) in [5, 5.41) is 0.